The van der Waals surface area contributed by atoms with Gasteiger partial charge in [0.2, 0.25) is 6.41 Å². The van der Waals surface area contributed by atoms with Crippen molar-refractivity contribution in [2.24, 2.45) is 0 Å². The van der Waals surface area contributed by atoms with Crippen molar-refractivity contribution < 1.29 is 14.3 Å². The summed E-state index contributed by atoms with van der Waals surface area (Å²) >= 11 is 0. The summed E-state index contributed by atoms with van der Waals surface area (Å²) in [5, 5.41) is 2.79. The molecule has 0 saturated heterocycles. The Labute approximate surface area is 126 Å². The van der Waals surface area contributed by atoms with Crippen LogP contribution in [-0.2, 0) is 20.7 Å². The quantitative estimate of drug-likeness (QED) is 0.477. The Morgan fingerprint density at radius 2 is 1.90 bits per heavy atom. The molecule has 0 atom stereocenters. The first-order valence-electron chi connectivity index (χ1n) is 7.03. The second-order valence-electron chi connectivity index (χ2n) is 5.60. The first kappa shape index (κ1) is 17.0. The van der Waals surface area contributed by atoms with Gasteiger partial charge in [0.1, 0.15) is 0 Å². The van der Waals surface area contributed by atoms with Crippen LogP contribution in [0.4, 0.5) is 0 Å². The second-order valence-corrected chi connectivity index (χ2v) is 5.60. The lowest BCUT2D eigenvalue weighted by molar-refractivity contribution is -0.137. The zero-order valence-corrected chi connectivity index (χ0v) is 13.1. The van der Waals surface area contributed by atoms with E-state index < -0.39 is 0 Å². The van der Waals surface area contributed by atoms with Crippen LogP contribution in [0.5, 0.6) is 0 Å². The van der Waals surface area contributed by atoms with Gasteiger partial charge in [-0.1, -0.05) is 24.3 Å². The number of carbonyl (C=O) groups is 2. The fourth-order valence-corrected chi connectivity index (χ4v) is 2.05. The molecule has 1 aromatic carbocycles. The molecule has 21 heavy (non-hydrogen) atoms. The highest BCUT2D eigenvalue weighted by atomic mass is 16.5. The average Bonchev–Trinajstić information content (AvgIpc) is 2.39. The third-order valence-corrected chi connectivity index (χ3v) is 3.13. The average molecular weight is 289 g/mol. The summed E-state index contributed by atoms with van der Waals surface area (Å²) in [5.41, 5.74) is 2.69. The maximum absolute atomic E-state index is 11.4. The Hall–Kier alpha value is -2.10. The first-order chi connectivity index (χ1) is 9.88. The van der Waals surface area contributed by atoms with Crippen molar-refractivity contribution in [3.63, 3.8) is 0 Å². The van der Waals surface area contributed by atoms with Gasteiger partial charge in [-0.25, -0.2) is 4.79 Å². The van der Waals surface area contributed by atoms with Crippen LogP contribution in [-0.4, -0.2) is 24.5 Å². The van der Waals surface area contributed by atoms with Crippen LogP contribution in [0.3, 0.4) is 0 Å². The number of rotatable bonds is 7. The van der Waals surface area contributed by atoms with Crippen LogP contribution in [0.2, 0.25) is 0 Å². The van der Waals surface area contributed by atoms with E-state index in [1.54, 1.807) is 6.92 Å². The number of carbonyl (C=O) groups excluding carboxylic acids is 2. The third kappa shape index (κ3) is 5.81. The van der Waals surface area contributed by atoms with Crippen molar-refractivity contribution >= 4 is 18.0 Å². The minimum absolute atomic E-state index is 0.279. The van der Waals surface area contributed by atoms with E-state index in [4.69, 9.17) is 4.74 Å². The van der Waals surface area contributed by atoms with Gasteiger partial charge in [0.25, 0.3) is 0 Å². The largest absolute Gasteiger partial charge is 0.463 e. The highest BCUT2D eigenvalue weighted by Crippen LogP contribution is 2.18. The molecule has 0 aliphatic heterocycles. The number of allylic oxidation sites excluding steroid dienone is 1. The highest BCUT2D eigenvalue weighted by Gasteiger charge is 2.16. The molecule has 0 spiro atoms. The second kappa shape index (κ2) is 7.62. The summed E-state index contributed by atoms with van der Waals surface area (Å²) in [4.78, 5) is 22.0. The van der Waals surface area contributed by atoms with Crippen LogP contribution in [0.15, 0.2) is 30.3 Å². The molecule has 114 valence electrons. The molecule has 0 saturated carbocycles. The monoisotopic (exact) mass is 289 g/mol. The van der Waals surface area contributed by atoms with E-state index in [0.717, 1.165) is 29.5 Å². The Bertz CT molecular complexity index is 515. The van der Waals surface area contributed by atoms with Gasteiger partial charge in [-0.05, 0) is 50.8 Å². The van der Waals surface area contributed by atoms with E-state index in [2.05, 4.69) is 5.32 Å². The standard InChI is InChI=1S/C17H23NO3/c1-5-21-16(20)10-13(2)15-8-6-14(7-9-15)11-17(3,4)18-12-19/h6-10,12H,5,11H2,1-4H3,(H,18,19)/b13-10+. The minimum Gasteiger partial charge on any atom is -0.463 e. The van der Waals surface area contributed by atoms with Crippen molar-refractivity contribution in [3.8, 4) is 0 Å². The van der Waals surface area contributed by atoms with Gasteiger partial charge < -0.3 is 10.1 Å². The SMILES string of the molecule is CCOC(=O)/C=C(\C)c1ccc(CC(C)(C)NC=O)cc1. The first-order valence-corrected chi connectivity index (χ1v) is 7.03. The lowest BCUT2D eigenvalue weighted by Crippen LogP contribution is -2.40. The smallest absolute Gasteiger partial charge is 0.331 e. The maximum Gasteiger partial charge on any atom is 0.331 e. The van der Waals surface area contributed by atoms with E-state index in [0.29, 0.717) is 6.61 Å². The molecule has 4 nitrogen and oxygen atoms in total. The molecule has 0 aromatic heterocycles. The van der Waals surface area contributed by atoms with Gasteiger partial charge in [0.15, 0.2) is 0 Å². The van der Waals surface area contributed by atoms with Gasteiger partial charge in [-0.2, -0.15) is 0 Å². The van der Waals surface area contributed by atoms with Gasteiger partial charge in [-0.15, -0.1) is 0 Å². The molecule has 0 bridgehead atoms. The van der Waals surface area contributed by atoms with Crippen LogP contribution in [0, 0.1) is 0 Å². The molecule has 0 radical (unpaired) electrons. The van der Waals surface area contributed by atoms with Crippen molar-refractivity contribution in [3.05, 3.63) is 41.5 Å². The lowest BCUT2D eigenvalue weighted by Gasteiger charge is -2.23. The molecular weight excluding hydrogens is 266 g/mol. The number of amides is 1. The molecule has 0 fully saturated rings. The van der Waals surface area contributed by atoms with Crippen molar-refractivity contribution in [2.75, 3.05) is 6.61 Å². The van der Waals surface area contributed by atoms with E-state index in [-0.39, 0.29) is 11.5 Å². The topological polar surface area (TPSA) is 55.4 Å². The third-order valence-electron chi connectivity index (χ3n) is 3.13. The van der Waals surface area contributed by atoms with Crippen LogP contribution in [0.25, 0.3) is 5.57 Å². The van der Waals surface area contributed by atoms with Crippen molar-refractivity contribution in [1.82, 2.24) is 5.32 Å². The fourth-order valence-electron chi connectivity index (χ4n) is 2.05. The molecule has 0 unspecified atom stereocenters. The minimum atomic E-state index is -0.324. The molecule has 1 rings (SSSR count). The molecule has 0 heterocycles. The Morgan fingerprint density at radius 3 is 2.43 bits per heavy atom. The predicted molar refractivity (Wildman–Crippen MR) is 83.7 cm³/mol. The summed E-state index contributed by atoms with van der Waals surface area (Å²) in [5.74, 6) is -0.324. The number of nitrogens with one attached hydrogen (secondary N) is 1. The highest BCUT2D eigenvalue weighted by molar-refractivity contribution is 5.90. The molecule has 1 N–H and O–H groups in total. The molecule has 4 heteroatoms. The fraction of sp³-hybridized carbons (Fsp3) is 0.412. The summed E-state index contributed by atoms with van der Waals surface area (Å²) in [6.45, 7) is 7.98. The van der Waals surface area contributed by atoms with E-state index in [9.17, 15) is 9.59 Å². The maximum atomic E-state index is 11.4. The zero-order chi connectivity index (χ0) is 15.9. The van der Waals surface area contributed by atoms with Crippen molar-refractivity contribution in [1.29, 1.82) is 0 Å². The Balaban J connectivity index is 2.78. The predicted octanol–water partition coefficient (Wildman–Crippen LogP) is 2.72. The molecule has 1 amide bonds. The Morgan fingerprint density at radius 1 is 1.29 bits per heavy atom. The number of hydrogen-bond acceptors (Lipinski definition) is 3. The Kier molecular flexibility index (Phi) is 6.15. The molecular formula is C17H23NO3. The van der Waals surface area contributed by atoms with Crippen molar-refractivity contribution in [2.45, 2.75) is 39.7 Å². The lowest BCUT2D eigenvalue weighted by atomic mass is 9.94. The summed E-state index contributed by atoms with van der Waals surface area (Å²) in [7, 11) is 0. The number of ether oxygens (including phenoxy) is 1. The van der Waals surface area contributed by atoms with Crippen LogP contribution < -0.4 is 5.32 Å². The van der Waals surface area contributed by atoms with Crippen LogP contribution >= 0.6 is 0 Å². The summed E-state index contributed by atoms with van der Waals surface area (Å²) < 4.78 is 4.89. The molecule has 1 aromatic rings. The van der Waals surface area contributed by atoms with Gasteiger partial charge >= 0.3 is 5.97 Å². The number of esters is 1. The molecule has 0 aliphatic carbocycles. The zero-order valence-electron chi connectivity index (χ0n) is 13.1. The summed E-state index contributed by atoms with van der Waals surface area (Å²) in [6, 6.07) is 7.95. The van der Waals surface area contributed by atoms with Gasteiger partial charge in [0, 0.05) is 11.6 Å². The van der Waals surface area contributed by atoms with E-state index in [1.807, 2.05) is 45.0 Å². The van der Waals surface area contributed by atoms with E-state index in [1.165, 1.54) is 6.08 Å². The normalized spacial score (nSPS) is 11.9. The number of hydrogen-bond donors (Lipinski definition) is 1. The summed E-state index contributed by atoms with van der Waals surface area (Å²) in [6.07, 6.45) is 2.96. The number of benzene rings is 1. The van der Waals surface area contributed by atoms with Gasteiger partial charge in [0.05, 0.1) is 6.61 Å². The van der Waals surface area contributed by atoms with Crippen LogP contribution in [0.1, 0.15) is 38.8 Å². The van der Waals surface area contributed by atoms with E-state index >= 15 is 0 Å². The van der Waals surface area contributed by atoms with Gasteiger partial charge in [-0.3, -0.25) is 4.79 Å². The molecule has 0 aliphatic rings.